The second kappa shape index (κ2) is 13.2. The van der Waals surface area contributed by atoms with E-state index >= 15 is 0 Å². The molecule has 1 heterocycles. The van der Waals surface area contributed by atoms with E-state index in [0.717, 1.165) is 35.4 Å². The SMILES string of the molecule is CC(C)(C)CCOCCOCCNC(=O)CCC(=O)N1Cc2ccccc2/C=C\c2ccccc21. The van der Waals surface area contributed by atoms with Crippen LogP contribution in [0.25, 0.3) is 12.2 Å². The molecule has 0 saturated carbocycles. The van der Waals surface area contributed by atoms with Crippen molar-refractivity contribution >= 4 is 29.7 Å². The van der Waals surface area contributed by atoms with Crippen LogP contribution in [0.2, 0.25) is 0 Å². The van der Waals surface area contributed by atoms with Gasteiger partial charge in [0.15, 0.2) is 0 Å². The zero-order valence-corrected chi connectivity index (χ0v) is 21.2. The van der Waals surface area contributed by atoms with Gasteiger partial charge in [0.1, 0.15) is 0 Å². The highest BCUT2D eigenvalue weighted by atomic mass is 16.5. The second-order valence-electron chi connectivity index (χ2n) is 9.96. The quantitative estimate of drug-likeness (QED) is 0.458. The zero-order chi connectivity index (χ0) is 25.1. The molecular weight excluding hydrogens is 440 g/mol. The number of para-hydroxylation sites is 1. The molecule has 1 aliphatic rings. The predicted molar refractivity (Wildman–Crippen MR) is 141 cm³/mol. The highest BCUT2D eigenvalue weighted by Gasteiger charge is 2.21. The van der Waals surface area contributed by atoms with Crippen molar-refractivity contribution in [2.75, 3.05) is 37.9 Å². The fourth-order valence-electron chi connectivity index (χ4n) is 3.78. The van der Waals surface area contributed by atoms with Gasteiger partial charge in [0.05, 0.1) is 32.1 Å². The van der Waals surface area contributed by atoms with Crippen LogP contribution >= 0.6 is 0 Å². The molecule has 0 atom stereocenters. The highest BCUT2D eigenvalue weighted by Crippen LogP contribution is 2.29. The fourth-order valence-corrected chi connectivity index (χ4v) is 3.78. The van der Waals surface area contributed by atoms with Gasteiger partial charge in [-0.1, -0.05) is 75.4 Å². The Labute approximate surface area is 209 Å². The van der Waals surface area contributed by atoms with E-state index in [4.69, 9.17) is 9.47 Å². The first-order valence-electron chi connectivity index (χ1n) is 12.4. The molecule has 6 nitrogen and oxygen atoms in total. The van der Waals surface area contributed by atoms with Gasteiger partial charge in [0, 0.05) is 26.0 Å². The summed E-state index contributed by atoms with van der Waals surface area (Å²) in [5, 5.41) is 2.83. The van der Waals surface area contributed by atoms with Crippen LogP contribution in [0, 0.1) is 5.41 Å². The van der Waals surface area contributed by atoms with Crippen LogP contribution in [0.4, 0.5) is 5.69 Å². The van der Waals surface area contributed by atoms with E-state index < -0.39 is 0 Å². The van der Waals surface area contributed by atoms with Gasteiger partial charge in [0.2, 0.25) is 11.8 Å². The van der Waals surface area contributed by atoms with Crippen LogP contribution in [0.15, 0.2) is 48.5 Å². The van der Waals surface area contributed by atoms with Crippen molar-refractivity contribution in [3.05, 3.63) is 65.2 Å². The Morgan fingerprint density at radius 3 is 2.29 bits per heavy atom. The van der Waals surface area contributed by atoms with Gasteiger partial charge >= 0.3 is 0 Å². The number of nitrogens with one attached hydrogen (secondary N) is 1. The maximum atomic E-state index is 13.2. The molecule has 3 rings (SSSR count). The maximum Gasteiger partial charge on any atom is 0.227 e. The first-order chi connectivity index (χ1) is 16.8. The van der Waals surface area contributed by atoms with Crippen molar-refractivity contribution in [2.45, 2.75) is 46.6 Å². The van der Waals surface area contributed by atoms with E-state index in [1.165, 1.54) is 0 Å². The summed E-state index contributed by atoms with van der Waals surface area (Å²) in [5.41, 5.74) is 4.29. The normalized spacial score (nSPS) is 13.9. The van der Waals surface area contributed by atoms with Crippen LogP contribution in [0.3, 0.4) is 0 Å². The van der Waals surface area contributed by atoms with Crippen LogP contribution in [-0.2, 0) is 25.6 Å². The molecule has 2 aromatic carbocycles. The molecule has 188 valence electrons. The summed E-state index contributed by atoms with van der Waals surface area (Å²) in [6, 6.07) is 15.9. The van der Waals surface area contributed by atoms with Crippen LogP contribution < -0.4 is 10.2 Å². The molecule has 2 amide bonds. The Hall–Kier alpha value is -2.96. The number of anilines is 1. The van der Waals surface area contributed by atoms with Crippen LogP contribution in [0.5, 0.6) is 0 Å². The number of hydrogen-bond acceptors (Lipinski definition) is 4. The summed E-state index contributed by atoms with van der Waals surface area (Å²) in [4.78, 5) is 27.3. The molecule has 0 aliphatic carbocycles. The van der Waals surface area contributed by atoms with E-state index in [1.54, 1.807) is 4.90 Å². The van der Waals surface area contributed by atoms with E-state index in [1.807, 2.05) is 48.5 Å². The minimum absolute atomic E-state index is 0.0682. The van der Waals surface area contributed by atoms with Gasteiger partial charge in [-0.05, 0) is 34.6 Å². The van der Waals surface area contributed by atoms with Gasteiger partial charge in [-0.15, -0.1) is 0 Å². The summed E-state index contributed by atoms with van der Waals surface area (Å²) in [5.74, 6) is -0.217. The summed E-state index contributed by atoms with van der Waals surface area (Å²) in [6.45, 7) is 9.65. The topological polar surface area (TPSA) is 67.9 Å². The number of rotatable bonds is 11. The van der Waals surface area contributed by atoms with E-state index in [9.17, 15) is 9.59 Å². The Morgan fingerprint density at radius 1 is 0.857 bits per heavy atom. The van der Waals surface area contributed by atoms with Crippen molar-refractivity contribution in [2.24, 2.45) is 5.41 Å². The minimum Gasteiger partial charge on any atom is -0.379 e. The monoisotopic (exact) mass is 478 g/mol. The second-order valence-corrected chi connectivity index (χ2v) is 9.96. The number of ether oxygens (including phenoxy) is 2. The lowest BCUT2D eigenvalue weighted by Gasteiger charge is -2.27. The fraction of sp³-hybridized carbons (Fsp3) is 0.448. The summed E-state index contributed by atoms with van der Waals surface area (Å²) in [7, 11) is 0. The molecule has 1 N–H and O–H groups in total. The van der Waals surface area contributed by atoms with Crippen molar-refractivity contribution in [1.29, 1.82) is 0 Å². The first-order valence-corrected chi connectivity index (χ1v) is 12.4. The number of hydrogen-bond donors (Lipinski definition) is 1. The zero-order valence-electron chi connectivity index (χ0n) is 21.2. The van der Waals surface area contributed by atoms with Crippen LogP contribution in [-0.4, -0.2) is 44.8 Å². The van der Waals surface area contributed by atoms with Gasteiger partial charge in [-0.25, -0.2) is 0 Å². The van der Waals surface area contributed by atoms with Crippen molar-refractivity contribution in [3.8, 4) is 0 Å². The Kier molecular flexibility index (Phi) is 10.1. The predicted octanol–water partition coefficient (Wildman–Crippen LogP) is 5.07. The van der Waals surface area contributed by atoms with Gasteiger partial charge in [0.25, 0.3) is 0 Å². The molecule has 0 saturated heterocycles. The number of carbonyl (C=O) groups is 2. The summed E-state index contributed by atoms with van der Waals surface area (Å²) in [6.07, 6.45) is 5.42. The molecule has 0 bridgehead atoms. The van der Waals surface area contributed by atoms with Crippen LogP contribution in [0.1, 0.15) is 56.7 Å². The van der Waals surface area contributed by atoms with E-state index in [-0.39, 0.29) is 30.1 Å². The maximum absolute atomic E-state index is 13.2. The average Bonchev–Trinajstić information content (AvgIpc) is 2.82. The molecule has 0 fully saturated rings. The third-order valence-electron chi connectivity index (χ3n) is 5.86. The molecule has 0 spiro atoms. The molecular formula is C29H38N2O4. The lowest BCUT2D eigenvalue weighted by atomic mass is 9.93. The number of benzene rings is 2. The van der Waals surface area contributed by atoms with Crippen molar-refractivity contribution in [1.82, 2.24) is 5.32 Å². The smallest absolute Gasteiger partial charge is 0.227 e. The van der Waals surface area contributed by atoms with E-state index in [0.29, 0.717) is 32.9 Å². The number of fused-ring (bicyclic) bond motifs is 2. The molecule has 1 aliphatic heterocycles. The third-order valence-corrected chi connectivity index (χ3v) is 5.86. The lowest BCUT2D eigenvalue weighted by Crippen LogP contribution is -2.33. The average molecular weight is 479 g/mol. The Bertz CT molecular complexity index is 1010. The molecule has 6 heteroatoms. The van der Waals surface area contributed by atoms with Crippen molar-refractivity contribution < 1.29 is 19.1 Å². The molecule has 2 aromatic rings. The largest absolute Gasteiger partial charge is 0.379 e. The summed E-state index contributed by atoms with van der Waals surface area (Å²) >= 11 is 0. The highest BCUT2D eigenvalue weighted by molar-refractivity contribution is 5.98. The number of amides is 2. The van der Waals surface area contributed by atoms with Gasteiger partial charge < -0.3 is 19.7 Å². The Morgan fingerprint density at radius 2 is 1.51 bits per heavy atom. The first kappa shape index (κ1) is 26.6. The lowest BCUT2D eigenvalue weighted by molar-refractivity contribution is -0.125. The molecule has 35 heavy (non-hydrogen) atoms. The molecule has 0 unspecified atom stereocenters. The third kappa shape index (κ3) is 8.96. The Balaban J connectivity index is 1.41. The van der Waals surface area contributed by atoms with E-state index in [2.05, 4.69) is 38.2 Å². The molecule has 0 radical (unpaired) electrons. The van der Waals surface area contributed by atoms with Crippen molar-refractivity contribution in [3.63, 3.8) is 0 Å². The summed E-state index contributed by atoms with van der Waals surface area (Å²) < 4.78 is 11.1. The minimum atomic E-state index is -0.149. The molecule has 0 aromatic heterocycles. The number of carbonyl (C=O) groups excluding carboxylic acids is 2. The number of nitrogens with zero attached hydrogens (tertiary/aromatic N) is 1. The van der Waals surface area contributed by atoms with Gasteiger partial charge in [-0.3, -0.25) is 9.59 Å². The standard InChI is InChI=1S/C29H38N2O4/c1-29(2,3)16-18-34-20-21-35-19-17-30-27(32)14-15-28(33)31-22-25-10-5-4-8-23(25)12-13-24-9-6-7-11-26(24)31/h4-13H,14-22H2,1-3H3,(H,30,32)/b13-12-. The van der Waals surface area contributed by atoms with Gasteiger partial charge in [-0.2, -0.15) is 0 Å².